The summed E-state index contributed by atoms with van der Waals surface area (Å²) in [6, 6.07) is 18.4. The molecule has 0 atom stereocenters. The molecule has 0 aliphatic carbocycles. The summed E-state index contributed by atoms with van der Waals surface area (Å²) in [6.45, 7) is 4.80. The van der Waals surface area contributed by atoms with Gasteiger partial charge in [-0.2, -0.15) is 0 Å². The zero-order chi connectivity index (χ0) is 16.9. The van der Waals surface area contributed by atoms with Crippen LogP contribution in [0.4, 0.5) is 5.69 Å². The van der Waals surface area contributed by atoms with E-state index in [1.54, 1.807) is 11.8 Å². The third-order valence-electron chi connectivity index (χ3n) is 3.82. The predicted molar refractivity (Wildman–Crippen MR) is 100 cm³/mol. The van der Waals surface area contributed by atoms with Crippen LogP contribution in [0, 0.1) is 0 Å². The van der Waals surface area contributed by atoms with Crippen molar-refractivity contribution >= 4 is 42.0 Å². The van der Waals surface area contributed by atoms with Crippen molar-refractivity contribution in [3.63, 3.8) is 0 Å². The number of aromatic nitrogens is 1. The van der Waals surface area contributed by atoms with Gasteiger partial charge in [-0.3, -0.25) is 0 Å². The molecule has 3 nitrogen and oxygen atoms in total. The van der Waals surface area contributed by atoms with Crippen LogP contribution < -0.4 is 9.47 Å². The van der Waals surface area contributed by atoms with Crippen molar-refractivity contribution in [1.82, 2.24) is 0 Å². The number of carbonyl (C=O) groups is 1. The Kier molecular flexibility index (Phi) is 5.29. The normalized spacial score (nSPS) is 11.2. The van der Waals surface area contributed by atoms with Gasteiger partial charge in [0.05, 0.1) is 0 Å². The van der Waals surface area contributed by atoms with E-state index in [0.717, 1.165) is 18.7 Å². The summed E-state index contributed by atoms with van der Waals surface area (Å²) in [6.07, 6.45) is 5.10. The molecule has 0 aliphatic heterocycles. The van der Waals surface area contributed by atoms with Crippen molar-refractivity contribution in [2.75, 3.05) is 4.90 Å². The number of para-hydroxylation sites is 2. The standard InChI is InChI=1S/C20H21N2OSe/c1-3-14-22-18-11-7-8-12-19(18)24-20(22)13-15-21(16(2)23)17-9-5-4-6-10-17/h4-13,15H,3,14H2,1-2H3/q+1. The molecule has 0 spiro atoms. The van der Waals surface area contributed by atoms with Crippen LogP contribution in [-0.4, -0.2) is 20.4 Å². The first kappa shape index (κ1) is 16.7. The summed E-state index contributed by atoms with van der Waals surface area (Å²) in [4.78, 5) is 13.7. The zero-order valence-corrected chi connectivity index (χ0v) is 15.7. The molecule has 0 unspecified atom stereocenters. The van der Waals surface area contributed by atoms with Crippen LogP contribution in [0.2, 0.25) is 0 Å². The monoisotopic (exact) mass is 385 g/mol. The third kappa shape index (κ3) is 3.50. The number of benzene rings is 2. The summed E-state index contributed by atoms with van der Waals surface area (Å²) < 4.78 is 5.09. The molecule has 0 aliphatic rings. The van der Waals surface area contributed by atoms with E-state index >= 15 is 0 Å². The first-order valence-corrected chi connectivity index (χ1v) is 9.86. The van der Waals surface area contributed by atoms with E-state index in [1.807, 2.05) is 36.5 Å². The summed E-state index contributed by atoms with van der Waals surface area (Å²) in [5, 5.41) is 0. The second-order valence-corrected chi connectivity index (χ2v) is 7.83. The van der Waals surface area contributed by atoms with E-state index in [1.165, 1.54) is 14.3 Å². The van der Waals surface area contributed by atoms with E-state index in [-0.39, 0.29) is 20.4 Å². The number of nitrogens with zero attached hydrogens (tertiary/aromatic N) is 2. The van der Waals surface area contributed by atoms with Gasteiger partial charge in [0, 0.05) is 0 Å². The molecule has 0 bridgehead atoms. The average molecular weight is 384 g/mol. The quantitative estimate of drug-likeness (QED) is 0.487. The fourth-order valence-electron chi connectivity index (χ4n) is 2.73. The number of fused-ring (bicyclic) bond motifs is 1. The molecule has 24 heavy (non-hydrogen) atoms. The van der Waals surface area contributed by atoms with E-state index in [4.69, 9.17) is 0 Å². The van der Waals surface area contributed by atoms with E-state index in [2.05, 4.69) is 41.8 Å². The molecule has 3 rings (SSSR count). The molecule has 1 heterocycles. The summed E-state index contributed by atoms with van der Waals surface area (Å²) >= 11 is 0.279. The van der Waals surface area contributed by atoms with Crippen molar-refractivity contribution in [3.05, 3.63) is 65.4 Å². The van der Waals surface area contributed by atoms with Crippen molar-refractivity contribution in [2.24, 2.45) is 0 Å². The molecular weight excluding hydrogens is 363 g/mol. The van der Waals surface area contributed by atoms with Crippen LogP contribution >= 0.6 is 0 Å². The molecule has 1 aromatic heterocycles. The van der Waals surface area contributed by atoms with Crippen LogP contribution in [0.1, 0.15) is 24.8 Å². The van der Waals surface area contributed by atoms with Crippen LogP contribution in [-0.2, 0) is 11.3 Å². The van der Waals surface area contributed by atoms with E-state index < -0.39 is 0 Å². The van der Waals surface area contributed by atoms with Crippen LogP contribution in [0.5, 0.6) is 0 Å². The molecule has 0 radical (unpaired) electrons. The Hall–Kier alpha value is -2.16. The van der Waals surface area contributed by atoms with Crippen molar-refractivity contribution in [1.29, 1.82) is 0 Å². The van der Waals surface area contributed by atoms with Gasteiger partial charge in [-0.05, 0) is 0 Å². The molecule has 122 valence electrons. The number of amides is 1. The first-order valence-electron chi connectivity index (χ1n) is 8.15. The molecule has 0 saturated heterocycles. The maximum absolute atomic E-state index is 12.0. The van der Waals surface area contributed by atoms with Gasteiger partial charge < -0.3 is 0 Å². The Morgan fingerprint density at radius 2 is 1.83 bits per heavy atom. The minimum absolute atomic E-state index is 0.0168. The molecular formula is C20H21N2OSe+. The van der Waals surface area contributed by atoms with Gasteiger partial charge in [0.25, 0.3) is 0 Å². The van der Waals surface area contributed by atoms with Gasteiger partial charge in [-0.25, -0.2) is 0 Å². The van der Waals surface area contributed by atoms with Crippen molar-refractivity contribution in [3.8, 4) is 0 Å². The van der Waals surface area contributed by atoms with E-state index in [0.29, 0.717) is 0 Å². The van der Waals surface area contributed by atoms with Gasteiger partial charge >= 0.3 is 148 Å². The van der Waals surface area contributed by atoms with Gasteiger partial charge in [0.1, 0.15) is 0 Å². The molecule has 0 fully saturated rings. The van der Waals surface area contributed by atoms with E-state index in [9.17, 15) is 4.79 Å². The maximum atomic E-state index is 12.0. The number of hydrogen-bond acceptors (Lipinski definition) is 1. The number of rotatable bonds is 5. The Labute approximate surface area is 148 Å². The van der Waals surface area contributed by atoms with Gasteiger partial charge in [0.2, 0.25) is 0 Å². The summed E-state index contributed by atoms with van der Waals surface area (Å²) in [7, 11) is 0. The van der Waals surface area contributed by atoms with Gasteiger partial charge in [0.15, 0.2) is 0 Å². The van der Waals surface area contributed by atoms with Crippen LogP contribution in [0.15, 0.2) is 60.8 Å². The molecule has 3 aromatic rings. The van der Waals surface area contributed by atoms with Gasteiger partial charge in [-0.15, -0.1) is 0 Å². The first-order chi connectivity index (χ1) is 11.7. The molecule has 2 aromatic carbocycles. The molecule has 1 amide bonds. The van der Waals surface area contributed by atoms with Crippen molar-refractivity contribution < 1.29 is 9.36 Å². The fourth-order valence-corrected chi connectivity index (χ4v) is 5.00. The molecule has 0 saturated carbocycles. The predicted octanol–water partition coefficient (Wildman–Crippen LogP) is 3.62. The number of anilines is 1. The van der Waals surface area contributed by atoms with Gasteiger partial charge in [-0.1, -0.05) is 0 Å². The third-order valence-corrected chi connectivity index (χ3v) is 6.20. The molecule has 0 N–H and O–H groups in total. The Morgan fingerprint density at radius 1 is 1.12 bits per heavy atom. The Balaban J connectivity index is 1.99. The number of aryl methyl sites for hydroxylation is 1. The van der Waals surface area contributed by atoms with Crippen LogP contribution in [0.25, 0.3) is 15.9 Å². The average Bonchev–Trinajstić information content (AvgIpc) is 2.94. The molecule has 4 heteroatoms. The Morgan fingerprint density at radius 3 is 2.54 bits per heavy atom. The number of carbonyl (C=O) groups excluding carboxylic acids is 1. The number of hydrogen-bond donors (Lipinski definition) is 0. The van der Waals surface area contributed by atoms with Crippen molar-refractivity contribution in [2.45, 2.75) is 26.8 Å². The minimum atomic E-state index is 0.0168. The fraction of sp³-hybridized carbons (Fsp3) is 0.200. The topological polar surface area (TPSA) is 24.2 Å². The Bertz CT molecular complexity index is 868. The SMILES string of the molecule is CCC[n+]1c(/C=C/N(C(C)=O)c2ccccc2)[se]c2ccccc21. The second kappa shape index (κ2) is 7.61. The van der Waals surface area contributed by atoms with Crippen LogP contribution in [0.3, 0.4) is 0 Å². The summed E-state index contributed by atoms with van der Waals surface area (Å²) in [5.41, 5.74) is 2.21. The summed E-state index contributed by atoms with van der Waals surface area (Å²) in [5.74, 6) is 0.0168. The zero-order valence-electron chi connectivity index (χ0n) is 14.0. The second-order valence-electron chi connectivity index (χ2n) is 5.60.